The van der Waals surface area contributed by atoms with Gasteiger partial charge in [0.05, 0.1) is 0 Å². The first-order valence-corrected chi connectivity index (χ1v) is 13.2. The summed E-state index contributed by atoms with van der Waals surface area (Å²) in [5.74, 6) is 2.37. The van der Waals surface area contributed by atoms with Crippen LogP contribution in [0.5, 0.6) is 0 Å². The SMILES string of the molecule is S=C(NCc1ccccc1)Nc1nc(N2CCc3ccccc3C2)cc(N2CCc3ccccc3C2)n1. The molecule has 0 radical (unpaired) electrons. The van der Waals surface area contributed by atoms with Crippen LogP contribution < -0.4 is 20.4 Å². The van der Waals surface area contributed by atoms with Gasteiger partial charge in [0.15, 0.2) is 5.11 Å². The Bertz CT molecular complexity index is 1330. The average molecular weight is 507 g/mol. The number of nitrogens with zero attached hydrogens (tertiary/aromatic N) is 4. The van der Waals surface area contributed by atoms with Crippen molar-refractivity contribution in [2.75, 3.05) is 28.2 Å². The Labute approximate surface area is 223 Å². The Balaban J connectivity index is 1.26. The van der Waals surface area contributed by atoms with E-state index in [1.165, 1.54) is 27.8 Å². The van der Waals surface area contributed by atoms with Gasteiger partial charge in [0.2, 0.25) is 5.95 Å². The highest BCUT2D eigenvalue weighted by molar-refractivity contribution is 7.80. The summed E-state index contributed by atoms with van der Waals surface area (Å²) < 4.78 is 0. The molecule has 2 N–H and O–H groups in total. The first kappa shape index (κ1) is 23.4. The third-order valence-corrected chi connectivity index (χ3v) is 7.38. The number of nitrogens with one attached hydrogen (secondary N) is 2. The third-order valence-electron chi connectivity index (χ3n) is 7.13. The lowest BCUT2D eigenvalue weighted by molar-refractivity contribution is 0.706. The largest absolute Gasteiger partial charge is 0.358 e. The normalized spacial score (nSPS) is 14.5. The summed E-state index contributed by atoms with van der Waals surface area (Å²) >= 11 is 5.61. The van der Waals surface area contributed by atoms with E-state index >= 15 is 0 Å². The van der Waals surface area contributed by atoms with Crippen molar-refractivity contribution in [1.29, 1.82) is 0 Å². The molecule has 0 unspecified atom stereocenters. The molecule has 6 nitrogen and oxygen atoms in total. The van der Waals surface area contributed by atoms with Crippen molar-refractivity contribution < 1.29 is 0 Å². The summed E-state index contributed by atoms with van der Waals surface area (Å²) in [6.07, 6.45) is 2.01. The van der Waals surface area contributed by atoms with Gasteiger partial charge in [-0.05, 0) is 52.9 Å². The first-order chi connectivity index (χ1) is 18.2. The molecule has 2 aliphatic rings. The van der Waals surface area contributed by atoms with E-state index in [2.05, 4.69) is 87.2 Å². The van der Waals surface area contributed by atoms with Crippen molar-refractivity contribution in [3.63, 3.8) is 0 Å². The lowest BCUT2D eigenvalue weighted by Gasteiger charge is -2.33. The average Bonchev–Trinajstić information content (AvgIpc) is 2.96. The van der Waals surface area contributed by atoms with Gasteiger partial charge in [-0.25, -0.2) is 0 Å². The summed E-state index contributed by atoms with van der Waals surface area (Å²) in [5.41, 5.74) is 6.72. The highest BCUT2D eigenvalue weighted by atomic mass is 32.1. The highest BCUT2D eigenvalue weighted by Crippen LogP contribution is 2.29. The number of anilines is 3. The molecule has 0 spiro atoms. The lowest BCUT2D eigenvalue weighted by Crippen LogP contribution is -2.34. The van der Waals surface area contributed by atoms with Crippen LogP contribution in [-0.2, 0) is 32.5 Å². The number of thiocarbonyl (C=S) groups is 1. The molecule has 0 aliphatic carbocycles. The van der Waals surface area contributed by atoms with Gasteiger partial charge in [0, 0.05) is 38.8 Å². The molecule has 7 heteroatoms. The van der Waals surface area contributed by atoms with Crippen LogP contribution in [0.25, 0.3) is 0 Å². The number of rotatable bonds is 5. The molecule has 6 rings (SSSR count). The Morgan fingerprint density at radius 1 is 0.703 bits per heavy atom. The van der Waals surface area contributed by atoms with Gasteiger partial charge in [-0.2, -0.15) is 9.97 Å². The molecule has 0 saturated heterocycles. The summed E-state index contributed by atoms with van der Waals surface area (Å²) in [6.45, 7) is 4.17. The quantitative estimate of drug-likeness (QED) is 0.366. The summed E-state index contributed by atoms with van der Waals surface area (Å²) in [4.78, 5) is 14.5. The molecule has 0 amide bonds. The van der Waals surface area contributed by atoms with Crippen molar-refractivity contribution in [3.8, 4) is 0 Å². The Kier molecular flexibility index (Phi) is 6.69. The second-order valence-electron chi connectivity index (χ2n) is 9.58. The molecule has 0 bridgehead atoms. The van der Waals surface area contributed by atoms with Gasteiger partial charge in [-0.3, -0.25) is 0 Å². The molecular formula is C30H30N6S. The molecule has 3 heterocycles. The number of fused-ring (bicyclic) bond motifs is 2. The second kappa shape index (κ2) is 10.6. The predicted octanol–water partition coefficient (Wildman–Crippen LogP) is 5.09. The van der Waals surface area contributed by atoms with E-state index in [-0.39, 0.29) is 0 Å². The molecule has 0 fully saturated rings. The lowest BCUT2D eigenvalue weighted by atomic mass is 9.99. The van der Waals surface area contributed by atoms with E-state index in [9.17, 15) is 0 Å². The standard InChI is InChI=1S/C30H30N6S/c37-30(31-19-22-8-2-1-3-9-22)34-29-32-27(35-16-14-23-10-4-6-12-25(23)20-35)18-28(33-29)36-17-15-24-11-5-7-13-26(24)21-36/h1-13,18H,14-17,19-21H2,(H2,31,32,33,34,37). The predicted molar refractivity (Wildman–Crippen MR) is 154 cm³/mol. The van der Waals surface area contributed by atoms with Gasteiger partial charge >= 0.3 is 0 Å². The minimum absolute atomic E-state index is 0.514. The minimum Gasteiger partial charge on any atom is -0.358 e. The smallest absolute Gasteiger partial charge is 0.232 e. The van der Waals surface area contributed by atoms with E-state index in [0.29, 0.717) is 17.6 Å². The molecule has 0 atom stereocenters. The monoisotopic (exact) mass is 506 g/mol. The number of hydrogen-bond acceptors (Lipinski definition) is 5. The molecule has 2 aliphatic heterocycles. The maximum atomic E-state index is 5.61. The molecule has 37 heavy (non-hydrogen) atoms. The van der Waals surface area contributed by atoms with Gasteiger partial charge in [-0.15, -0.1) is 0 Å². The minimum atomic E-state index is 0.514. The maximum Gasteiger partial charge on any atom is 0.232 e. The van der Waals surface area contributed by atoms with Gasteiger partial charge < -0.3 is 20.4 Å². The van der Waals surface area contributed by atoms with Crippen molar-refractivity contribution >= 4 is 34.9 Å². The topological polar surface area (TPSA) is 56.3 Å². The molecule has 4 aromatic rings. The molecule has 0 saturated carbocycles. The number of aromatic nitrogens is 2. The van der Waals surface area contributed by atoms with E-state index in [0.717, 1.165) is 50.7 Å². The molecule has 3 aromatic carbocycles. The van der Waals surface area contributed by atoms with Crippen LogP contribution in [0.15, 0.2) is 84.9 Å². The summed E-state index contributed by atoms with van der Waals surface area (Å²) in [6, 6.07) is 29.7. The highest BCUT2D eigenvalue weighted by Gasteiger charge is 2.22. The van der Waals surface area contributed by atoms with Crippen molar-refractivity contribution in [1.82, 2.24) is 15.3 Å². The van der Waals surface area contributed by atoms with Crippen LogP contribution in [0.1, 0.15) is 27.8 Å². The first-order valence-electron chi connectivity index (χ1n) is 12.8. The van der Waals surface area contributed by atoms with Crippen LogP contribution in [0.3, 0.4) is 0 Å². The van der Waals surface area contributed by atoms with E-state index < -0.39 is 0 Å². The van der Waals surface area contributed by atoms with E-state index in [4.69, 9.17) is 22.2 Å². The fraction of sp³-hybridized carbons (Fsp3) is 0.233. The maximum absolute atomic E-state index is 5.61. The van der Waals surface area contributed by atoms with Crippen molar-refractivity contribution in [2.24, 2.45) is 0 Å². The Morgan fingerprint density at radius 2 is 1.22 bits per heavy atom. The molecular weight excluding hydrogens is 476 g/mol. The van der Waals surface area contributed by atoms with Crippen LogP contribution in [0.4, 0.5) is 17.6 Å². The van der Waals surface area contributed by atoms with Gasteiger partial charge in [-0.1, -0.05) is 78.9 Å². The summed E-state index contributed by atoms with van der Waals surface area (Å²) in [7, 11) is 0. The van der Waals surface area contributed by atoms with Crippen molar-refractivity contribution in [3.05, 3.63) is 113 Å². The fourth-order valence-corrected chi connectivity index (χ4v) is 5.27. The number of hydrogen-bond donors (Lipinski definition) is 2. The fourth-order valence-electron chi connectivity index (χ4n) is 5.11. The van der Waals surface area contributed by atoms with Crippen molar-refractivity contribution in [2.45, 2.75) is 32.5 Å². The zero-order chi connectivity index (χ0) is 25.0. The molecule has 186 valence electrons. The zero-order valence-electron chi connectivity index (χ0n) is 20.7. The zero-order valence-corrected chi connectivity index (χ0v) is 21.5. The third kappa shape index (κ3) is 5.42. The Morgan fingerprint density at radius 3 is 1.78 bits per heavy atom. The van der Waals surface area contributed by atoms with Crippen LogP contribution in [0, 0.1) is 0 Å². The van der Waals surface area contributed by atoms with Gasteiger partial charge in [0.25, 0.3) is 0 Å². The molecule has 1 aromatic heterocycles. The van der Waals surface area contributed by atoms with E-state index in [1.807, 2.05) is 18.2 Å². The van der Waals surface area contributed by atoms with E-state index in [1.54, 1.807) is 0 Å². The second-order valence-corrected chi connectivity index (χ2v) is 9.99. The Hall–Kier alpha value is -3.97. The van der Waals surface area contributed by atoms with Crippen LogP contribution in [0.2, 0.25) is 0 Å². The summed E-state index contributed by atoms with van der Waals surface area (Å²) in [5, 5.41) is 7.05. The van der Waals surface area contributed by atoms with Crippen LogP contribution in [-0.4, -0.2) is 28.2 Å². The number of benzene rings is 3. The van der Waals surface area contributed by atoms with Crippen LogP contribution >= 0.6 is 12.2 Å². The van der Waals surface area contributed by atoms with Gasteiger partial charge in [0.1, 0.15) is 11.6 Å².